The van der Waals surface area contributed by atoms with Gasteiger partial charge in [-0.3, -0.25) is 0 Å². The molecule has 1 aliphatic rings. The van der Waals surface area contributed by atoms with Crippen LogP contribution in [-0.4, -0.2) is 45.5 Å². The van der Waals surface area contributed by atoms with Gasteiger partial charge in [0.1, 0.15) is 22.6 Å². The number of rotatable bonds is 3. The molecule has 0 aliphatic carbocycles. The summed E-state index contributed by atoms with van der Waals surface area (Å²) in [6.45, 7) is 7.71. The van der Waals surface area contributed by atoms with Gasteiger partial charge in [0.05, 0.1) is 0 Å². The second-order valence-electron chi connectivity index (χ2n) is 5.27. The average Bonchev–Trinajstić information content (AvgIpc) is 2.83. The number of aryl methyl sites for hydroxylation is 2. The van der Waals surface area contributed by atoms with Crippen LogP contribution in [0.5, 0.6) is 0 Å². The van der Waals surface area contributed by atoms with E-state index in [9.17, 15) is 0 Å². The lowest BCUT2D eigenvalue weighted by atomic mass is 10.4. The Balaban J connectivity index is 1.71. The molecule has 1 saturated heterocycles. The molecule has 6 nitrogen and oxygen atoms in total. The molecule has 0 radical (unpaired) electrons. The highest BCUT2D eigenvalue weighted by Gasteiger charge is 2.19. The summed E-state index contributed by atoms with van der Waals surface area (Å²) in [5.41, 5.74) is 0. The highest BCUT2D eigenvalue weighted by molar-refractivity contribution is 7.09. The molecule has 22 heavy (non-hydrogen) atoms. The van der Waals surface area contributed by atoms with Crippen molar-refractivity contribution in [1.29, 1.82) is 0 Å². The van der Waals surface area contributed by atoms with E-state index in [0.29, 0.717) is 11.0 Å². The maximum atomic E-state index is 6.05. The zero-order chi connectivity index (χ0) is 15.5. The Hall–Kier alpha value is -1.47. The predicted molar refractivity (Wildman–Crippen MR) is 90.1 cm³/mol. The lowest BCUT2D eigenvalue weighted by Gasteiger charge is -2.22. The Bertz CT molecular complexity index is 626. The Morgan fingerprint density at radius 2 is 1.91 bits per heavy atom. The first kappa shape index (κ1) is 15.4. The molecule has 0 spiro atoms. The highest BCUT2D eigenvalue weighted by Crippen LogP contribution is 2.22. The van der Waals surface area contributed by atoms with E-state index in [-0.39, 0.29) is 0 Å². The Kier molecular flexibility index (Phi) is 4.73. The third-order valence-electron chi connectivity index (χ3n) is 3.66. The van der Waals surface area contributed by atoms with Gasteiger partial charge in [-0.2, -0.15) is 4.37 Å². The summed E-state index contributed by atoms with van der Waals surface area (Å²) in [5.74, 6) is 2.55. The third-order valence-corrected chi connectivity index (χ3v) is 4.67. The zero-order valence-electron chi connectivity index (χ0n) is 12.8. The van der Waals surface area contributed by atoms with Gasteiger partial charge in [0, 0.05) is 50.2 Å². The van der Waals surface area contributed by atoms with Crippen molar-refractivity contribution in [1.82, 2.24) is 19.3 Å². The predicted octanol–water partition coefficient (Wildman–Crippen LogP) is 2.57. The molecule has 3 heterocycles. The fourth-order valence-electron chi connectivity index (χ4n) is 2.53. The average molecular weight is 339 g/mol. The first-order valence-electron chi connectivity index (χ1n) is 7.49. The maximum absolute atomic E-state index is 6.05. The molecule has 3 rings (SSSR count). The monoisotopic (exact) mass is 338 g/mol. The molecule has 0 unspecified atom stereocenters. The molecule has 0 N–H and O–H groups in total. The van der Waals surface area contributed by atoms with Gasteiger partial charge in [-0.15, -0.1) is 0 Å². The fraction of sp³-hybridized carbons (Fsp3) is 0.571. The maximum Gasteiger partial charge on any atom is 0.205 e. The quantitative estimate of drug-likeness (QED) is 0.802. The topological polar surface area (TPSA) is 58.0 Å². The number of hydrogen-bond donors (Lipinski definition) is 0. The van der Waals surface area contributed by atoms with Gasteiger partial charge in [0.25, 0.3) is 0 Å². The van der Waals surface area contributed by atoms with Crippen LogP contribution in [0.3, 0.4) is 0 Å². The van der Waals surface area contributed by atoms with Crippen molar-refractivity contribution in [2.45, 2.75) is 26.7 Å². The molecule has 0 saturated carbocycles. The van der Waals surface area contributed by atoms with Gasteiger partial charge in [0.2, 0.25) is 5.13 Å². The van der Waals surface area contributed by atoms with Crippen LogP contribution in [0, 0.1) is 6.92 Å². The van der Waals surface area contributed by atoms with E-state index in [1.165, 1.54) is 11.5 Å². The lowest BCUT2D eigenvalue weighted by molar-refractivity contribution is 0.791. The van der Waals surface area contributed by atoms with Gasteiger partial charge >= 0.3 is 0 Å². The van der Waals surface area contributed by atoms with Crippen LogP contribution < -0.4 is 9.80 Å². The fourth-order valence-corrected chi connectivity index (χ4v) is 3.55. The number of halogens is 1. The van der Waals surface area contributed by atoms with Gasteiger partial charge in [-0.25, -0.2) is 15.0 Å². The minimum Gasteiger partial charge on any atom is -0.355 e. The van der Waals surface area contributed by atoms with E-state index in [2.05, 4.69) is 36.0 Å². The summed E-state index contributed by atoms with van der Waals surface area (Å²) in [4.78, 5) is 17.8. The largest absolute Gasteiger partial charge is 0.355 e. The Labute approximate surface area is 139 Å². The van der Waals surface area contributed by atoms with E-state index in [0.717, 1.165) is 55.8 Å². The van der Waals surface area contributed by atoms with Gasteiger partial charge in [-0.1, -0.05) is 18.5 Å². The van der Waals surface area contributed by atoms with Crippen LogP contribution in [-0.2, 0) is 6.42 Å². The third kappa shape index (κ3) is 3.47. The van der Waals surface area contributed by atoms with E-state index in [1.54, 1.807) is 0 Å². The van der Waals surface area contributed by atoms with E-state index < -0.39 is 0 Å². The van der Waals surface area contributed by atoms with Crippen molar-refractivity contribution < 1.29 is 0 Å². The minimum absolute atomic E-state index is 0.500. The summed E-state index contributed by atoms with van der Waals surface area (Å²) in [6.07, 6.45) is 1.94. The van der Waals surface area contributed by atoms with Gasteiger partial charge in [-0.05, 0) is 13.3 Å². The van der Waals surface area contributed by atoms with Crippen molar-refractivity contribution in [3.8, 4) is 0 Å². The van der Waals surface area contributed by atoms with Gasteiger partial charge < -0.3 is 9.80 Å². The molecule has 1 fully saturated rings. The highest BCUT2D eigenvalue weighted by atomic mass is 35.5. The lowest BCUT2D eigenvalue weighted by Crippen LogP contribution is -2.31. The number of nitrogens with zero attached hydrogens (tertiary/aromatic N) is 6. The summed E-state index contributed by atoms with van der Waals surface area (Å²) in [5, 5.41) is 1.52. The molecular formula is C14H19ClN6S. The summed E-state index contributed by atoms with van der Waals surface area (Å²) >= 11 is 7.54. The first-order chi connectivity index (χ1) is 10.7. The number of aromatic nitrogens is 4. The molecule has 0 atom stereocenters. The summed E-state index contributed by atoms with van der Waals surface area (Å²) in [7, 11) is 0. The molecule has 0 aromatic carbocycles. The van der Waals surface area contributed by atoms with Crippen LogP contribution in [0.2, 0.25) is 5.15 Å². The van der Waals surface area contributed by atoms with Crippen molar-refractivity contribution in [2.75, 3.05) is 36.0 Å². The molecule has 118 valence electrons. The van der Waals surface area contributed by atoms with Crippen molar-refractivity contribution >= 4 is 34.1 Å². The number of hydrogen-bond acceptors (Lipinski definition) is 7. The summed E-state index contributed by atoms with van der Waals surface area (Å²) in [6, 6.07) is 1.84. The van der Waals surface area contributed by atoms with Crippen molar-refractivity contribution in [3.05, 3.63) is 22.9 Å². The smallest absolute Gasteiger partial charge is 0.205 e. The van der Waals surface area contributed by atoms with E-state index in [1.807, 2.05) is 13.0 Å². The number of anilines is 2. The molecule has 1 aliphatic heterocycles. The zero-order valence-corrected chi connectivity index (χ0v) is 14.4. The van der Waals surface area contributed by atoms with Crippen LogP contribution >= 0.6 is 23.1 Å². The van der Waals surface area contributed by atoms with E-state index in [4.69, 9.17) is 11.6 Å². The second-order valence-corrected chi connectivity index (χ2v) is 6.39. The molecule has 8 heteroatoms. The summed E-state index contributed by atoms with van der Waals surface area (Å²) < 4.78 is 4.38. The Morgan fingerprint density at radius 3 is 2.64 bits per heavy atom. The first-order valence-corrected chi connectivity index (χ1v) is 8.64. The molecule has 2 aromatic rings. The molecule has 0 bridgehead atoms. The van der Waals surface area contributed by atoms with Crippen molar-refractivity contribution in [2.24, 2.45) is 0 Å². The second kappa shape index (κ2) is 6.75. The normalized spacial score (nSPS) is 16.0. The van der Waals surface area contributed by atoms with Crippen LogP contribution in [0.25, 0.3) is 0 Å². The van der Waals surface area contributed by atoms with E-state index >= 15 is 0 Å². The molecule has 2 aromatic heterocycles. The Morgan fingerprint density at radius 1 is 1.14 bits per heavy atom. The van der Waals surface area contributed by atoms with Crippen LogP contribution in [0.1, 0.15) is 25.0 Å². The van der Waals surface area contributed by atoms with Crippen molar-refractivity contribution in [3.63, 3.8) is 0 Å². The molecule has 0 amide bonds. The van der Waals surface area contributed by atoms with Gasteiger partial charge in [0.15, 0.2) is 0 Å². The molecular weight excluding hydrogens is 320 g/mol. The minimum atomic E-state index is 0.500. The van der Waals surface area contributed by atoms with Crippen LogP contribution in [0.4, 0.5) is 10.9 Å². The SMILES string of the molecule is CCc1nsc(N2CCCN(c3cc(Cl)nc(C)n3)CC2)n1. The van der Waals surface area contributed by atoms with Crippen LogP contribution in [0.15, 0.2) is 6.07 Å². The standard InChI is InChI=1S/C14H19ClN6S/c1-3-12-18-14(22-19-12)21-6-4-5-20(7-8-21)13-9-11(15)16-10(2)17-13/h9H,3-8H2,1-2H3.